The first-order valence-corrected chi connectivity index (χ1v) is 7.48. The Morgan fingerprint density at radius 2 is 2.05 bits per heavy atom. The molecule has 3 N–H and O–H groups in total. The molecule has 1 atom stereocenters. The molecule has 0 bridgehead atoms. The van der Waals surface area contributed by atoms with E-state index in [1.54, 1.807) is 0 Å². The minimum absolute atomic E-state index is 0.226. The van der Waals surface area contributed by atoms with E-state index >= 15 is 0 Å². The number of guanidine groups is 1. The molecule has 0 aliphatic carbocycles. The molecule has 0 aromatic heterocycles. The second-order valence-electron chi connectivity index (χ2n) is 3.67. The fourth-order valence-electron chi connectivity index (χ4n) is 0.996. The van der Waals surface area contributed by atoms with Gasteiger partial charge in [0.1, 0.15) is 0 Å². The highest BCUT2D eigenvalue weighted by molar-refractivity contribution is 7.53. The summed E-state index contributed by atoms with van der Waals surface area (Å²) in [7, 11) is -2.72. The minimum Gasteiger partial charge on any atom is -0.438 e. The molecule has 9 nitrogen and oxygen atoms in total. The summed E-state index contributed by atoms with van der Waals surface area (Å²) >= 11 is 0. The number of unbranched alkanes of at least 4 members (excludes halogenated alkanes) is 1. The SMILES string of the molecule is CCCCC(=O)OCOP(=O)(NC(N)=NC)OC(C)=O. The molecule has 116 valence electrons. The summed E-state index contributed by atoms with van der Waals surface area (Å²) in [4.78, 5) is 25.6. The van der Waals surface area contributed by atoms with Crippen LogP contribution in [-0.2, 0) is 27.9 Å². The van der Waals surface area contributed by atoms with Crippen molar-refractivity contribution in [2.75, 3.05) is 13.8 Å². The van der Waals surface area contributed by atoms with Gasteiger partial charge in [-0.15, -0.1) is 0 Å². The lowest BCUT2D eigenvalue weighted by Crippen LogP contribution is -2.31. The number of carbonyl (C=O) groups is 2. The van der Waals surface area contributed by atoms with E-state index in [-0.39, 0.29) is 12.4 Å². The van der Waals surface area contributed by atoms with Crippen molar-refractivity contribution < 1.29 is 27.9 Å². The fourth-order valence-corrected chi connectivity index (χ4v) is 2.07. The number of nitrogens with two attached hydrogens (primary N) is 1. The molecule has 0 rings (SSSR count). The van der Waals surface area contributed by atoms with E-state index in [4.69, 9.17) is 15.0 Å². The van der Waals surface area contributed by atoms with Gasteiger partial charge in [-0.1, -0.05) is 13.3 Å². The number of aliphatic imine (C=N–C) groups is 1. The van der Waals surface area contributed by atoms with Crippen LogP contribution in [0.3, 0.4) is 0 Å². The summed E-state index contributed by atoms with van der Waals surface area (Å²) < 4.78 is 26.0. The summed E-state index contributed by atoms with van der Waals surface area (Å²) in [6, 6.07) is 0. The Bertz CT molecular complexity index is 412. The highest BCUT2D eigenvalue weighted by Crippen LogP contribution is 2.43. The van der Waals surface area contributed by atoms with Crippen LogP contribution in [0.25, 0.3) is 0 Å². The van der Waals surface area contributed by atoms with E-state index in [0.29, 0.717) is 6.42 Å². The molecule has 0 heterocycles. The van der Waals surface area contributed by atoms with Crippen LogP contribution in [0.4, 0.5) is 0 Å². The number of nitrogens with one attached hydrogen (secondary N) is 1. The molecule has 0 spiro atoms. The van der Waals surface area contributed by atoms with Crippen LogP contribution in [0, 0.1) is 0 Å². The second-order valence-corrected chi connectivity index (χ2v) is 5.33. The van der Waals surface area contributed by atoms with Gasteiger partial charge in [-0.2, -0.15) is 0 Å². The number of esters is 1. The zero-order valence-electron chi connectivity index (χ0n) is 11.7. The third-order valence-electron chi connectivity index (χ3n) is 1.92. The van der Waals surface area contributed by atoms with Crippen LogP contribution in [0.1, 0.15) is 33.1 Å². The van der Waals surface area contributed by atoms with E-state index < -0.39 is 26.5 Å². The predicted molar refractivity (Wildman–Crippen MR) is 71.6 cm³/mol. The van der Waals surface area contributed by atoms with E-state index in [2.05, 4.69) is 14.6 Å². The van der Waals surface area contributed by atoms with Crippen molar-refractivity contribution in [2.24, 2.45) is 10.7 Å². The van der Waals surface area contributed by atoms with E-state index in [9.17, 15) is 14.2 Å². The molecule has 0 aliphatic rings. The van der Waals surface area contributed by atoms with Crippen molar-refractivity contribution in [3.05, 3.63) is 0 Å². The normalized spacial score (nSPS) is 14.2. The average molecular weight is 309 g/mol. The van der Waals surface area contributed by atoms with Crippen LogP contribution < -0.4 is 10.8 Å². The summed E-state index contributed by atoms with van der Waals surface area (Å²) in [5.41, 5.74) is 5.32. The molecule has 0 amide bonds. The first-order chi connectivity index (χ1) is 9.33. The third kappa shape index (κ3) is 8.49. The molecule has 0 radical (unpaired) electrons. The van der Waals surface area contributed by atoms with Gasteiger partial charge in [0.05, 0.1) is 0 Å². The van der Waals surface area contributed by atoms with Gasteiger partial charge in [-0.3, -0.25) is 19.7 Å². The minimum atomic E-state index is -4.06. The maximum Gasteiger partial charge on any atom is 0.493 e. The zero-order chi connectivity index (χ0) is 15.6. The first kappa shape index (κ1) is 18.4. The molecule has 0 aliphatic heterocycles. The number of carbonyl (C=O) groups excluding carboxylic acids is 2. The van der Waals surface area contributed by atoms with Crippen molar-refractivity contribution in [1.29, 1.82) is 0 Å². The molecular formula is C10H20N3O6P. The maximum absolute atomic E-state index is 12.1. The number of ether oxygens (including phenoxy) is 1. The maximum atomic E-state index is 12.1. The number of rotatable bonds is 8. The Morgan fingerprint density at radius 1 is 1.40 bits per heavy atom. The van der Waals surface area contributed by atoms with Crippen LogP contribution in [-0.4, -0.2) is 31.7 Å². The van der Waals surface area contributed by atoms with Crippen LogP contribution in [0.5, 0.6) is 0 Å². The van der Waals surface area contributed by atoms with E-state index in [0.717, 1.165) is 13.3 Å². The smallest absolute Gasteiger partial charge is 0.438 e. The highest BCUT2D eigenvalue weighted by Gasteiger charge is 2.29. The van der Waals surface area contributed by atoms with Crippen molar-refractivity contribution in [1.82, 2.24) is 5.09 Å². The Labute approximate surface area is 117 Å². The second kappa shape index (κ2) is 9.33. The van der Waals surface area contributed by atoms with Crippen LogP contribution in [0.15, 0.2) is 4.99 Å². The lowest BCUT2D eigenvalue weighted by molar-refractivity contribution is -0.150. The van der Waals surface area contributed by atoms with Gasteiger partial charge in [0, 0.05) is 20.4 Å². The Morgan fingerprint density at radius 3 is 2.55 bits per heavy atom. The lowest BCUT2D eigenvalue weighted by atomic mass is 10.3. The van der Waals surface area contributed by atoms with Crippen molar-refractivity contribution in [3.8, 4) is 0 Å². The molecule has 0 fully saturated rings. The van der Waals surface area contributed by atoms with Crippen LogP contribution in [0.2, 0.25) is 0 Å². The summed E-state index contributed by atoms with van der Waals surface area (Å²) in [6.45, 7) is 2.34. The summed E-state index contributed by atoms with van der Waals surface area (Å²) in [6.07, 6.45) is 1.74. The number of nitrogens with zero attached hydrogens (tertiary/aromatic N) is 1. The van der Waals surface area contributed by atoms with Gasteiger partial charge in [-0.05, 0) is 6.42 Å². The van der Waals surface area contributed by atoms with Gasteiger partial charge >= 0.3 is 19.7 Å². The molecule has 0 aromatic carbocycles. The summed E-state index contributed by atoms with van der Waals surface area (Å²) in [5.74, 6) is -1.59. The van der Waals surface area contributed by atoms with Gasteiger partial charge in [-0.25, -0.2) is 9.09 Å². The first-order valence-electron chi connectivity index (χ1n) is 5.94. The molecular weight excluding hydrogens is 289 g/mol. The average Bonchev–Trinajstić information content (AvgIpc) is 2.34. The van der Waals surface area contributed by atoms with E-state index in [1.807, 2.05) is 6.92 Å². The molecule has 0 saturated carbocycles. The zero-order valence-corrected chi connectivity index (χ0v) is 12.6. The largest absolute Gasteiger partial charge is 0.493 e. The third-order valence-corrected chi connectivity index (χ3v) is 3.36. The Kier molecular flexibility index (Phi) is 8.58. The van der Waals surface area contributed by atoms with Gasteiger partial charge < -0.3 is 15.0 Å². The molecule has 0 aromatic rings. The fraction of sp³-hybridized carbons (Fsp3) is 0.700. The molecule has 20 heavy (non-hydrogen) atoms. The summed E-state index contributed by atoms with van der Waals surface area (Å²) in [5, 5.41) is 2.12. The standard InChI is InChI=1S/C10H20N3O6P/c1-4-5-6-9(15)17-7-18-20(16,19-8(2)14)13-10(11)12-3/h4-7H2,1-3H3,(H3,11,12,13,16). The van der Waals surface area contributed by atoms with Gasteiger partial charge in [0.25, 0.3) is 0 Å². The lowest BCUT2D eigenvalue weighted by Gasteiger charge is -2.17. The molecule has 1 unspecified atom stereocenters. The predicted octanol–water partition coefficient (Wildman–Crippen LogP) is 0.899. The molecule has 10 heteroatoms. The highest BCUT2D eigenvalue weighted by atomic mass is 31.2. The van der Waals surface area contributed by atoms with Crippen molar-refractivity contribution >= 4 is 25.6 Å². The van der Waals surface area contributed by atoms with Crippen LogP contribution >= 0.6 is 7.75 Å². The Hall–Kier alpha value is -1.60. The Balaban J connectivity index is 4.41. The van der Waals surface area contributed by atoms with Gasteiger partial charge in [0.15, 0.2) is 5.96 Å². The van der Waals surface area contributed by atoms with Gasteiger partial charge in [0.2, 0.25) is 6.79 Å². The quantitative estimate of drug-likeness (QED) is 0.222. The number of hydrogen-bond donors (Lipinski definition) is 2. The number of hydrogen-bond acceptors (Lipinski definition) is 7. The monoisotopic (exact) mass is 309 g/mol. The van der Waals surface area contributed by atoms with E-state index in [1.165, 1.54) is 7.05 Å². The topological polar surface area (TPSA) is 129 Å². The van der Waals surface area contributed by atoms with Crippen molar-refractivity contribution in [3.63, 3.8) is 0 Å². The molecule has 0 saturated heterocycles. The van der Waals surface area contributed by atoms with Crippen molar-refractivity contribution in [2.45, 2.75) is 33.1 Å².